The monoisotopic (exact) mass is 300 g/mol. The van der Waals surface area contributed by atoms with E-state index in [1.807, 2.05) is 0 Å². The quantitative estimate of drug-likeness (QED) is 0.925. The summed E-state index contributed by atoms with van der Waals surface area (Å²) in [4.78, 5) is 11.6. The molecular formula is C10H6BrClN2O2. The lowest BCUT2D eigenvalue weighted by Crippen LogP contribution is -2.11. The van der Waals surface area contributed by atoms with Crippen molar-refractivity contribution >= 4 is 39.1 Å². The summed E-state index contributed by atoms with van der Waals surface area (Å²) in [6.45, 7) is 0. The fraction of sp³-hybridized carbons (Fsp3) is 0. The Morgan fingerprint density at radius 1 is 1.44 bits per heavy atom. The first-order valence-corrected chi connectivity index (χ1v) is 5.51. The number of carbonyl (C=O) groups excluding carboxylic acids is 1. The molecule has 0 bridgehead atoms. The molecule has 16 heavy (non-hydrogen) atoms. The standard InChI is InChI=1S/C10H6BrClN2O2/c11-6-1-2-7(12)8(5-6)14-10(15)9-3-4-13-16-9/h1-5H,(H,14,15). The first kappa shape index (κ1) is 11.2. The highest BCUT2D eigenvalue weighted by Crippen LogP contribution is 2.26. The number of nitrogens with zero attached hydrogens (tertiary/aromatic N) is 1. The van der Waals surface area contributed by atoms with Crippen molar-refractivity contribution in [2.45, 2.75) is 0 Å². The molecule has 0 aliphatic heterocycles. The number of hydrogen-bond acceptors (Lipinski definition) is 3. The maximum Gasteiger partial charge on any atom is 0.294 e. The Balaban J connectivity index is 2.21. The lowest BCUT2D eigenvalue weighted by molar-refractivity contribution is 0.0988. The number of nitrogens with one attached hydrogen (secondary N) is 1. The molecule has 0 atom stereocenters. The molecule has 1 heterocycles. The van der Waals surface area contributed by atoms with Crippen LogP contribution < -0.4 is 5.32 Å². The van der Waals surface area contributed by atoms with Gasteiger partial charge in [0.05, 0.1) is 16.9 Å². The van der Waals surface area contributed by atoms with Crippen molar-refractivity contribution in [1.82, 2.24) is 5.16 Å². The third-order valence-electron chi connectivity index (χ3n) is 1.84. The highest BCUT2D eigenvalue weighted by molar-refractivity contribution is 9.10. The third kappa shape index (κ3) is 2.43. The van der Waals surface area contributed by atoms with Gasteiger partial charge in [0.15, 0.2) is 0 Å². The van der Waals surface area contributed by atoms with E-state index in [0.717, 1.165) is 4.47 Å². The van der Waals surface area contributed by atoms with Crippen LogP contribution in [0.5, 0.6) is 0 Å². The van der Waals surface area contributed by atoms with E-state index < -0.39 is 5.91 Å². The van der Waals surface area contributed by atoms with E-state index in [2.05, 4.69) is 26.4 Å². The van der Waals surface area contributed by atoms with Gasteiger partial charge in [-0.15, -0.1) is 0 Å². The van der Waals surface area contributed by atoms with Crippen LogP contribution in [0.15, 0.2) is 39.5 Å². The molecule has 1 N–H and O–H groups in total. The van der Waals surface area contributed by atoms with Crippen LogP contribution >= 0.6 is 27.5 Å². The first-order chi connectivity index (χ1) is 7.66. The maximum atomic E-state index is 11.6. The summed E-state index contributed by atoms with van der Waals surface area (Å²) in [6.07, 6.45) is 1.40. The Morgan fingerprint density at radius 2 is 2.25 bits per heavy atom. The second-order valence-corrected chi connectivity index (χ2v) is 4.28. The van der Waals surface area contributed by atoms with Gasteiger partial charge in [-0.05, 0) is 18.2 Å². The van der Waals surface area contributed by atoms with Crippen LogP contribution in [0.25, 0.3) is 0 Å². The molecule has 0 aliphatic rings. The van der Waals surface area contributed by atoms with E-state index in [4.69, 9.17) is 16.1 Å². The fourth-order valence-corrected chi connectivity index (χ4v) is 1.64. The Hall–Kier alpha value is -1.33. The second kappa shape index (κ2) is 4.67. The Bertz CT molecular complexity index is 514. The molecule has 0 fully saturated rings. The van der Waals surface area contributed by atoms with Crippen LogP contribution in [0.1, 0.15) is 10.6 Å². The number of carbonyl (C=O) groups is 1. The normalized spacial score (nSPS) is 10.1. The molecule has 6 heteroatoms. The number of rotatable bonds is 2. The van der Waals surface area contributed by atoms with Crippen molar-refractivity contribution in [3.8, 4) is 0 Å². The Kier molecular flexibility index (Phi) is 3.26. The zero-order valence-corrected chi connectivity index (χ0v) is 10.2. The van der Waals surface area contributed by atoms with Gasteiger partial charge in [0.25, 0.3) is 5.91 Å². The number of hydrogen-bond donors (Lipinski definition) is 1. The Labute approximate surface area is 105 Å². The number of halogens is 2. The molecular weight excluding hydrogens is 295 g/mol. The average molecular weight is 302 g/mol. The molecule has 0 saturated heterocycles. The predicted molar refractivity (Wildman–Crippen MR) is 63.6 cm³/mol. The van der Waals surface area contributed by atoms with Gasteiger partial charge >= 0.3 is 0 Å². The number of anilines is 1. The topological polar surface area (TPSA) is 55.1 Å². The van der Waals surface area contributed by atoms with Crippen molar-refractivity contribution in [3.63, 3.8) is 0 Å². The fourth-order valence-electron chi connectivity index (χ4n) is 1.11. The summed E-state index contributed by atoms with van der Waals surface area (Å²) in [6, 6.07) is 6.64. The van der Waals surface area contributed by atoms with Crippen molar-refractivity contribution in [1.29, 1.82) is 0 Å². The molecule has 0 aliphatic carbocycles. The van der Waals surface area contributed by atoms with Crippen LogP contribution in [-0.2, 0) is 0 Å². The minimum Gasteiger partial charge on any atom is -0.351 e. The number of aromatic nitrogens is 1. The van der Waals surface area contributed by atoms with E-state index in [1.54, 1.807) is 18.2 Å². The molecule has 4 nitrogen and oxygen atoms in total. The largest absolute Gasteiger partial charge is 0.351 e. The summed E-state index contributed by atoms with van der Waals surface area (Å²) < 4.78 is 5.54. The zero-order chi connectivity index (χ0) is 11.5. The third-order valence-corrected chi connectivity index (χ3v) is 2.66. The Morgan fingerprint density at radius 3 is 2.94 bits per heavy atom. The second-order valence-electron chi connectivity index (χ2n) is 2.95. The summed E-state index contributed by atoms with van der Waals surface area (Å²) in [7, 11) is 0. The van der Waals surface area contributed by atoms with Crippen molar-refractivity contribution in [2.75, 3.05) is 5.32 Å². The number of benzene rings is 1. The van der Waals surface area contributed by atoms with Crippen molar-refractivity contribution < 1.29 is 9.32 Å². The summed E-state index contributed by atoms with van der Waals surface area (Å²) in [5.74, 6) is -0.256. The van der Waals surface area contributed by atoms with Gasteiger partial charge in [-0.1, -0.05) is 32.7 Å². The van der Waals surface area contributed by atoms with E-state index in [-0.39, 0.29) is 5.76 Å². The molecule has 0 saturated carbocycles. The summed E-state index contributed by atoms with van der Waals surface area (Å²) in [5.41, 5.74) is 0.512. The molecule has 0 radical (unpaired) electrons. The molecule has 2 rings (SSSR count). The van der Waals surface area contributed by atoms with Crippen LogP contribution in [0, 0.1) is 0 Å². The van der Waals surface area contributed by atoms with Gasteiger partial charge in [-0.2, -0.15) is 0 Å². The van der Waals surface area contributed by atoms with Crippen LogP contribution in [-0.4, -0.2) is 11.1 Å². The summed E-state index contributed by atoms with van der Waals surface area (Å²) in [5, 5.41) is 6.52. The highest BCUT2D eigenvalue weighted by Gasteiger charge is 2.11. The molecule has 1 aromatic carbocycles. The van der Waals surface area contributed by atoms with E-state index in [9.17, 15) is 4.79 Å². The van der Waals surface area contributed by atoms with Gasteiger partial charge in [-0.3, -0.25) is 4.79 Å². The molecule has 0 spiro atoms. The first-order valence-electron chi connectivity index (χ1n) is 4.34. The van der Waals surface area contributed by atoms with Crippen molar-refractivity contribution in [3.05, 3.63) is 45.7 Å². The smallest absolute Gasteiger partial charge is 0.294 e. The zero-order valence-electron chi connectivity index (χ0n) is 7.91. The SMILES string of the molecule is O=C(Nc1cc(Br)ccc1Cl)c1ccno1. The van der Waals surface area contributed by atoms with Gasteiger partial charge in [0.1, 0.15) is 0 Å². The number of amides is 1. The minimum absolute atomic E-state index is 0.135. The van der Waals surface area contributed by atoms with Gasteiger partial charge in [-0.25, -0.2) is 0 Å². The minimum atomic E-state index is -0.391. The lowest BCUT2D eigenvalue weighted by Gasteiger charge is -2.05. The van der Waals surface area contributed by atoms with E-state index >= 15 is 0 Å². The molecule has 2 aromatic rings. The van der Waals surface area contributed by atoms with Crippen LogP contribution in [0.2, 0.25) is 5.02 Å². The van der Waals surface area contributed by atoms with Crippen LogP contribution in [0.3, 0.4) is 0 Å². The molecule has 1 aromatic heterocycles. The molecule has 0 unspecified atom stereocenters. The molecule has 1 amide bonds. The summed E-state index contributed by atoms with van der Waals surface area (Å²) >= 11 is 9.21. The predicted octanol–water partition coefficient (Wildman–Crippen LogP) is 3.34. The van der Waals surface area contributed by atoms with Gasteiger partial charge in [0.2, 0.25) is 5.76 Å². The van der Waals surface area contributed by atoms with Gasteiger partial charge < -0.3 is 9.84 Å². The lowest BCUT2D eigenvalue weighted by atomic mass is 10.3. The maximum absolute atomic E-state index is 11.6. The van der Waals surface area contributed by atoms with Crippen molar-refractivity contribution in [2.24, 2.45) is 0 Å². The van der Waals surface area contributed by atoms with E-state index in [0.29, 0.717) is 10.7 Å². The molecule has 82 valence electrons. The average Bonchev–Trinajstić information content (AvgIpc) is 2.76. The van der Waals surface area contributed by atoms with Crippen LogP contribution in [0.4, 0.5) is 5.69 Å². The highest BCUT2D eigenvalue weighted by atomic mass is 79.9. The van der Waals surface area contributed by atoms with Gasteiger partial charge in [0, 0.05) is 10.5 Å². The van der Waals surface area contributed by atoms with E-state index in [1.165, 1.54) is 12.3 Å².